The summed E-state index contributed by atoms with van der Waals surface area (Å²) in [7, 11) is 0. The second-order valence-corrected chi connectivity index (χ2v) is 7.27. The normalized spacial score (nSPS) is 15.7. The molecule has 0 spiro atoms. The second kappa shape index (κ2) is 7.98. The van der Waals surface area contributed by atoms with E-state index < -0.39 is 11.7 Å². The number of alkyl halides is 3. The molecule has 0 bridgehead atoms. The van der Waals surface area contributed by atoms with Crippen LogP contribution in [-0.4, -0.2) is 19.0 Å². The van der Waals surface area contributed by atoms with E-state index in [2.05, 4.69) is 10.2 Å². The largest absolute Gasteiger partial charge is 0.416 e. The third-order valence-corrected chi connectivity index (χ3v) is 5.16. The SMILES string of the molecule is O=C(Nc1cc(C(F)(F)F)ccc1Cl)C1CCN(c2cccc(Cl)c2)CC1. The number of benzene rings is 2. The lowest BCUT2D eigenvalue weighted by molar-refractivity contribution is -0.137. The first-order chi connectivity index (χ1) is 12.7. The summed E-state index contributed by atoms with van der Waals surface area (Å²) in [5, 5.41) is 3.27. The Hall–Kier alpha value is -1.92. The fourth-order valence-corrected chi connectivity index (χ4v) is 3.45. The average molecular weight is 417 g/mol. The van der Waals surface area contributed by atoms with Crippen molar-refractivity contribution in [1.82, 2.24) is 0 Å². The van der Waals surface area contributed by atoms with E-state index in [1.54, 1.807) is 6.07 Å². The standard InChI is InChI=1S/C19H17Cl2F3N2O/c20-14-2-1-3-15(11-14)26-8-6-12(7-9-26)18(27)25-17-10-13(19(22,23)24)4-5-16(17)21/h1-5,10-12H,6-9H2,(H,25,27). The molecule has 144 valence electrons. The van der Waals surface area contributed by atoms with Crippen LogP contribution >= 0.6 is 23.2 Å². The second-order valence-electron chi connectivity index (χ2n) is 6.42. The van der Waals surface area contributed by atoms with Crippen molar-refractivity contribution in [2.45, 2.75) is 19.0 Å². The molecule has 1 heterocycles. The van der Waals surface area contributed by atoms with Gasteiger partial charge in [0.1, 0.15) is 0 Å². The predicted octanol–water partition coefficient (Wildman–Crippen LogP) is 5.87. The molecule has 0 aromatic heterocycles. The molecule has 3 nitrogen and oxygen atoms in total. The van der Waals surface area contributed by atoms with E-state index in [1.165, 1.54) is 0 Å². The maximum atomic E-state index is 12.9. The molecule has 27 heavy (non-hydrogen) atoms. The minimum Gasteiger partial charge on any atom is -0.371 e. The lowest BCUT2D eigenvalue weighted by Crippen LogP contribution is -2.38. The molecule has 1 amide bonds. The van der Waals surface area contributed by atoms with Gasteiger partial charge >= 0.3 is 6.18 Å². The Morgan fingerprint density at radius 3 is 2.41 bits per heavy atom. The molecule has 1 aliphatic heterocycles. The molecule has 0 saturated carbocycles. The molecule has 1 N–H and O–H groups in total. The van der Waals surface area contributed by atoms with Crippen molar-refractivity contribution in [2.75, 3.05) is 23.3 Å². The molecular weight excluding hydrogens is 400 g/mol. The molecule has 2 aromatic rings. The van der Waals surface area contributed by atoms with E-state index in [1.807, 2.05) is 18.2 Å². The predicted molar refractivity (Wildman–Crippen MR) is 101 cm³/mol. The fourth-order valence-electron chi connectivity index (χ4n) is 3.10. The van der Waals surface area contributed by atoms with Gasteiger partial charge in [-0.15, -0.1) is 0 Å². The number of rotatable bonds is 3. The summed E-state index contributed by atoms with van der Waals surface area (Å²) in [6.07, 6.45) is -3.31. The topological polar surface area (TPSA) is 32.3 Å². The first-order valence-electron chi connectivity index (χ1n) is 8.42. The monoisotopic (exact) mass is 416 g/mol. The van der Waals surface area contributed by atoms with Gasteiger partial charge in [-0.2, -0.15) is 13.2 Å². The Morgan fingerprint density at radius 1 is 1.07 bits per heavy atom. The summed E-state index contributed by atoms with van der Waals surface area (Å²) in [5.74, 6) is -0.604. The van der Waals surface area contributed by atoms with Crippen molar-refractivity contribution in [3.63, 3.8) is 0 Å². The van der Waals surface area contributed by atoms with Gasteiger partial charge in [-0.05, 0) is 49.2 Å². The van der Waals surface area contributed by atoms with Gasteiger partial charge in [0.15, 0.2) is 0 Å². The summed E-state index contributed by atoms with van der Waals surface area (Å²) in [5.41, 5.74) is 0.119. The van der Waals surface area contributed by atoms with Crippen LogP contribution in [0.4, 0.5) is 24.5 Å². The molecule has 2 aromatic carbocycles. The smallest absolute Gasteiger partial charge is 0.371 e. The van der Waals surface area contributed by atoms with Crippen LogP contribution in [0.15, 0.2) is 42.5 Å². The molecule has 1 aliphatic rings. The minimum atomic E-state index is -4.49. The number of piperidine rings is 1. The summed E-state index contributed by atoms with van der Waals surface area (Å²) in [6.45, 7) is 1.32. The van der Waals surface area contributed by atoms with E-state index >= 15 is 0 Å². The van der Waals surface area contributed by atoms with E-state index in [-0.39, 0.29) is 22.5 Å². The highest BCUT2D eigenvalue weighted by Gasteiger charge is 2.32. The molecule has 0 atom stereocenters. The van der Waals surface area contributed by atoms with Gasteiger partial charge in [0.2, 0.25) is 5.91 Å². The number of carbonyl (C=O) groups is 1. The van der Waals surface area contributed by atoms with Crippen LogP contribution < -0.4 is 10.2 Å². The lowest BCUT2D eigenvalue weighted by atomic mass is 9.95. The third kappa shape index (κ3) is 4.87. The molecule has 0 unspecified atom stereocenters. The number of halogens is 5. The molecule has 8 heteroatoms. The van der Waals surface area contributed by atoms with Crippen molar-refractivity contribution >= 4 is 40.5 Å². The Bertz CT molecular complexity index is 834. The van der Waals surface area contributed by atoms with Crippen LogP contribution in [0, 0.1) is 5.92 Å². The van der Waals surface area contributed by atoms with Crippen LogP contribution in [0.25, 0.3) is 0 Å². The molecular formula is C19H17Cl2F3N2O. The summed E-state index contributed by atoms with van der Waals surface area (Å²) in [6, 6.07) is 10.4. The first kappa shape index (κ1) is 19.8. The maximum Gasteiger partial charge on any atom is 0.416 e. The van der Waals surface area contributed by atoms with Crippen LogP contribution in [-0.2, 0) is 11.0 Å². The molecule has 3 rings (SSSR count). The minimum absolute atomic E-state index is 0.0197. The van der Waals surface area contributed by atoms with Crippen LogP contribution in [0.3, 0.4) is 0 Å². The zero-order valence-corrected chi connectivity index (χ0v) is 15.7. The highest BCUT2D eigenvalue weighted by Crippen LogP contribution is 2.34. The maximum absolute atomic E-state index is 12.9. The van der Waals surface area contributed by atoms with Gasteiger partial charge in [0, 0.05) is 29.7 Å². The first-order valence-corrected chi connectivity index (χ1v) is 9.18. The number of amides is 1. The van der Waals surface area contributed by atoms with Crippen molar-refractivity contribution in [2.24, 2.45) is 5.92 Å². The number of nitrogens with zero attached hydrogens (tertiary/aromatic N) is 1. The van der Waals surface area contributed by atoms with Crippen LogP contribution in [0.2, 0.25) is 10.0 Å². The zero-order valence-electron chi connectivity index (χ0n) is 14.2. The summed E-state index contributed by atoms with van der Waals surface area (Å²) in [4.78, 5) is 14.6. The van der Waals surface area contributed by atoms with E-state index in [4.69, 9.17) is 23.2 Å². The Morgan fingerprint density at radius 2 is 1.78 bits per heavy atom. The highest BCUT2D eigenvalue weighted by molar-refractivity contribution is 6.33. The number of carbonyl (C=O) groups excluding carboxylic acids is 1. The van der Waals surface area contributed by atoms with Gasteiger partial charge in [0.25, 0.3) is 0 Å². The molecule has 0 radical (unpaired) electrons. The molecule has 1 saturated heterocycles. The van der Waals surface area contributed by atoms with Gasteiger partial charge in [-0.25, -0.2) is 0 Å². The van der Waals surface area contributed by atoms with Gasteiger partial charge < -0.3 is 10.2 Å². The van der Waals surface area contributed by atoms with Gasteiger partial charge in [-0.1, -0.05) is 29.3 Å². The Labute approximate surface area is 165 Å². The van der Waals surface area contributed by atoms with Crippen molar-refractivity contribution in [3.8, 4) is 0 Å². The quantitative estimate of drug-likeness (QED) is 0.678. The van der Waals surface area contributed by atoms with Crippen molar-refractivity contribution in [3.05, 3.63) is 58.1 Å². The average Bonchev–Trinajstić information content (AvgIpc) is 2.62. The van der Waals surface area contributed by atoms with Crippen LogP contribution in [0.1, 0.15) is 18.4 Å². The Kier molecular flexibility index (Phi) is 5.86. The van der Waals surface area contributed by atoms with E-state index in [0.717, 1.165) is 23.9 Å². The van der Waals surface area contributed by atoms with E-state index in [9.17, 15) is 18.0 Å². The zero-order chi connectivity index (χ0) is 19.6. The number of anilines is 2. The fraction of sp³-hybridized carbons (Fsp3) is 0.316. The van der Waals surface area contributed by atoms with Crippen LogP contribution in [0.5, 0.6) is 0 Å². The van der Waals surface area contributed by atoms with Crippen molar-refractivity contribution in [1.29, 1.82) is 0 Å². The molecule has 0 aliphatic carbocycles. The molecule has 1 fully saturated rings. The summed E-state index contributed by atoms with van der Waals surface area (Å²) >= 11 is 12.0. The van der Waals surface area contributed by atoms with Crippen molar-refractivity contribution < 1.29 is 18.0 Å². The van der Waals surface area contributed by atoms with Gasteiger partial charge in [0.05, 0.1) is 16.3 Å². The number of nitrogens with one attached hydrogen (secondary N) is 1. The highest BCUT2D eigenvalue weighted by atomic mass is 35.5. The van der Waals surface area contributed by atoms with E-state index in [0.29, 0.717) is 31.0 Å². The third-order valence-electron chi connectivity index (χ3n) is 4.59. The van der Waals surface area contributed by atoms with Gasteiger partial charge in [-0.3, -0.25) is 4.79 Å². The summed E-state index contributed by atoms with van der Waals surface area (Å²) < 4.78 is 38.6. The number of hydrogen-bond acceptors (Lipinski definition) is 2. The lowest BCUT2D eigenvalue weighted by Gasteiger charge is -2.33. The number of hydrogen-bond donors (Lipinski definition) is 1. The Balaban J connectivity index is 1.63.